The summed E-state index contributed by atoms with van der Waals surface area (Å²) >= 11 is 0. The molecule has 0 heterocycles. The molecule has 16 heavy (non-hydrogen) atoms. The number of carboxylic acids is 1. The lowest BCUT2D eigenvalue weighted by molar-refractivity contribution is -0.151. The third-order valence-electron chi connectivity index (χ3n) is 3.81. The van der Waals surface area contributed by atoms with Gasteiger partial charge in [-0.3, -0.25) is 4.79 Å². The van der Waals surface area contributed by atoms with Gasteiger partial charge in [0, 0.05) is 0 Å². The molecule has 0 rings (SSSR count). The minimum Gasteiger partial charge on any atom is -0.481 e. The molecule has 0 aliphatic heterocycles. The van der Waals surface area contributed by atoms with Gasteiger partial charge in [0.1, 0.15) is 0 Å². The van der Waals surface area contributed by atoms with E-state index in [9.17, 15) is 9.90 Å². The average Bonchev–Trinajstić information content (AvgIpc) is 2.22. The Labute approximate surface area is 100 Å². The van der Waals surface area contributed by atoms with Crippen molar-refractivity contribution < 1.29 is 9.90 Å². The fourth-order valence-corrected chi connectivity index (χ4v) is 1.92. The van der Waals surface area contributed by atoms with Crippen LogP contribution >= 0.6 is 0 Å². The molecule has 0 aromatic heterocycles. The quantitative estimate of drug-likeness (QED) is 0.591. The maximum atomic E-state index is 11.2. The van der Waals surface area contributed by atoms with E-state index in [4.69, 9.17) is 0 Å². The molecule has 1 N–H and O–H groups in total. The topological polar surface area (TPSA) is 37.3 Å². The number of carbonyl (C=O) groups is 1. The zero-order valence-electron chi connectivity index (χ0n) is 11.4. The fourth-order valence-electron chi connectivity index (χ4n) is 1.92. The lowest BCUT2D eigenvalue weighted by atomic mass is 9.75. The van der Waals surface area contributed by atoms with Crippen LogP contribution in [-0.4, -0.2) is 11.1 Å². The van der Waals surface area contributed by atoms with E-state index < -0.39 is 11.4 Å². The highest BCUT2D eigenvalue weighted by atomic mass is 16.4. The van der Waals surface area contributed by atoms with E-state index in [2.05, 4.69) is 6.92 Å². The van der Waals surface area contributed by atoms with Crippen LogP contribution in [0.4, 0.5) is 0 Å². The Morgan fingerprint density at radius 1 is 1.12 bits per heavy atom. The van der Waals surface area contributed by atoms with Gasteiger partial charge in [-0.15, -0.1) is 0 Å². The molecule has 0 aromatic rings. The van der Waals surface area contributed by atoms with Crippen LogP contribution in [-0.2, 0) is 4.79 Å². The molecule has 0 spiro atoms. The van der Waals surface area contributed by atoms with Crippen molar-refractivity contribution in [2.45, 2.75) is 72.6 Å². The first-order valence-corrected chi connectivity index (χ1v) is 6.68. The van der Waals surface area contributed by atoms with Crippen LogP contribution in [0, 0.1) is 11.3 Å². The second-order valence-corrected chi connectivity index (χ2v) is 5.40. The number of rotatable bonds is 9. The summed E-state index contributed by atoms with van der Waals surface area (Å²) in [6.45, 7) is 8.10. The number of hydrogen-bond donors (Lipinski definition) is 1. The minimum atomic E-state index is -0.643. The minimum absolute atomic E-state index is 0.209. The smallest absolute Gasteiger partial charge is 0.309 e. The van der Waals surface area contributed by atoms with Crippen molar-refractivity contribution in [1.82, 2.24) is 0 Å². The summed E-state index contributed by atoms with van der Waals surface area (Å²) in [6.07, 6.45) is 8.15. The summed E-state index contributed by atoms with van der Waals surface area (Å²) in [5.41, 5.74) is -0.537. The molecule has 0 bridgehead atoms. The van der Waals surface area contributed by atoms with Crippen molar-refractivity contribution in [3.05, 3.63) is 0 Å². The van der Waals surface area contributed by atoms with E-state index in [1.54, 1.807) is 0 Å². The Morgan fingerprint density at radius 3 is 2.06 bits per heavy atom. The van der Waals surface area contributed by atoms with E-state index in [0.29, 0.717) is 0 Å². The van der Waals surface area contributed by atoms with Gasteiger partial charge < -0.3 is 5.11 Å². The molecule has 1 atom stereocenters. The summed E-state index contributed by atoms with van der Waals surface area (Å²) in [4.78, 5) is 11.2. The molecule has 0 aliphatic carbocycles. The third kappa shape index (κ3) is 5.00. The zero-order valence-corrected chi connectivity index (χ0v) is 11.4. The second kappa shape index (κ2) is 7.70. The second-order valence-electron chi connectivity index (χ2n) is 5.40. The molecular weight excluding hydrogens is 200 g/mol. The van der Waals surface area contributed by atoms with Gasteiger partial charge in [-0.05, 0) is 19.3 Å². The molecule has 0 radical (unpaired) electrons. The van der Waals surface area contributed by atoms with E-state index in [1.165, 1.54) is 32.1 Å². The van der Waals surface area contributed by atoms with Gasteiger partial charge in [0.2, 0.25) is 0 Å². The van der Waals surface area contributed by atoms with Crippen LogP contribution < -0.4 is 0 Å². The van der Waals surface area contributed by atoms with E-state index >= 15 is 0 Å². The first-order chi connectivity index (χ1) is 7.45. The molecule has 2 heteroatoms. The molecule has 0 fully saturated rings. The third-order valence-corrected chi connectivity index (χ3v) is 3.81. The van der Waals surface area contributed by atoms with Crippen molar-refractivity contribution in [3.63, 3.8) is 0 Å². The maximum absolute atomic E-state index is 11.2. The summed E-state index contributed by atoms with van der Waals surface area (Å²) in [5, 5.41) is 9.24. The summed E-state index contributed by atoms with van der Waals surface area (Å²) in [6, 6.07) is 0. The summed E-state index contributed by atoms with van der Waals surface area (Å²) in [5.74, 6) is -0.434. The normalized spacial score (nSPS) is 15.1. The number of aliphatic carboxylic acids is 1. The Morgan fingerprint density at radius 2 is 1.62 bits per heavy atom. The maximum Gasteiger partial charge on any atom is 0.309 e. The standard InChI is InChI=1S/C14H28O2/c1-5-6-7-8-9-10-11-14(4,12(2)3)13(15)16/h12H,5-11H2,1-4H3,(H,15,16). The van der Waals surface area contributed by atoms with Crippen LogP contribution in [0.25, 0.3) is 0 Å². The van der Waals surface area contributed by atoms with Crippen molar-refractivity contribution in [2.24, 2.45) is 11.3 Å². The van der Waals surface area contributed by atoms with Crippen LogP contribution in [0.5, 0.6) is 0 Å². The molecule has 0 saturated carbocycles. The number of hydrogen-bond acceptors (Lipinski definition) is 1. The highest BCUT2D eigenvalue weighted by molar-refractivity contribution is 5.74. The number of carboxylic acid groups (broad SMARTS) is 1. The fraction of sp³-hybridized carbons (Fsp3) is 0.929. The lowest BCUT2D eigenvalue weighted by Crippen LogP contribution is -2.33. The van der Waals surface area contributed by atoms with Crippen LogP contribution in [0.2, 0.25) is 0 Å². The highest BCUT2D eigenvalue weighted by Crippen LogP contribution is 2.33. The predicted octanol–water partition coefficient (Wildman–Crippen LogP) is 4.48. The van der Waals surface area contributed by atoms with Gasteiger partial charge in [-0.25, -0.2) is 0 Å². The average molecular weight is 228 g/mol. The van der Waals surface area contributed by atoms with Gasteiger partial charge in [0.15, 0.2) is 0 Å². The van der Waals surface area contributed by atoms with Gasteiger partial charge in [0.05, 0.1) is 5.41 Å². The molecule has 2 nitrogen and oxygen atoms in total. The van der Waals surface area contributed by atoms with Crippen LogP contribution in [0.1, 0.15) is 72.6 Å². The Balaban J connectivity index is 3.83. The van der Waals surface area contributed by atoms with E-state index in [1.807, 2.05) is 20.8 Å². The molecular formula is C14H28O2. The zero-order chi connectivity index (χ0) is 12.6. The van der Waals surface area contributed by atoms with Gasteiger partial charge >= 0.3 is 5.97 Å². The first kappa shape index (κ1) is 15.5. The molecule has 0 amide bonds. The largest absolute Gasteiger partial charge is 0.481 e. The predicted molar refractivity (Wildman–Crippen MR) is 68.6 cm³/mol. The molecule has 0 saturated heterocycles. The van der Waals surface area contributed by atoms with Crippen molar-refractivity contribution in [2.75, 3.05) is 0 Å². The summed E-state index contributed by atoms with van der Waals surface area (Å²) < 4.78 is 0. The van der Waals surface area contributed by atoms with Gasteiger partial charge in [-0.1, -0.05) is 59.3 Å². The van der Waals surface area contributed by atoms with Crippen molar-refractivity contribution >= 4 is 5.97 Å². The van der Waals surface area contributed by atoms with E-state index in [-0.39, 0.29) is 5.92 Å². The van der Waals surface area contributed by atoms with Crippen LogP contribution in [0.15, 0.2) is 0 Å². The highest BCUT2D eigenvalue weighted by Gasteiger charge is 2.35. The number of unbranched alkanes of at least 4 members (excludes halogenated alkanes) is 5. The van der Waals surface area contributed by atoms with Gasteiger partial charge in [-0.2, -0.15) is 0 Å². The lowest BCUT2D eigenvalue weighted by Gasteiger charge is -2.29. The molecule has 0 aromatic carbocycles. The Hall–Kier alpha value is -0.530. The van der Waals surface area contributed by atoms with Gasteiger partial charge in [0.25, 0.3) is 0 Å². The van der Waals surface area contributed by atoms with Crippen molar-refractivity contribution in [1.29, 1.82) is 0 Å². The van der Waals surface area contributed by atoms with E-state index in [0.717, 1.165) is 12.8 Å². The monoisotopic (exact) mass is 228 g/mol. The summed E-state index contributed by atoms with van der Waals surface area (Å²) in [7, 11) is 0. The van der Waals surface area contributed by atoms with Crippen molar-refractivity contribution in [3.8, 4) is 0 Å². The molecule has 96 valence electrons. The first-order valence-electron chi connectivity index (χ1n) is 6.68. The Kier molecular flexibility index (Phi) is 7.44. The molecule has 0 aliphatic rings. The SMILES string of the molecule is CCCCCCCCC(C)(C(=O)O)C(C)C. The molecule has 1 unspecified atom stereocenters. The van der Waals surface area contributed by atoms with Crippen LogP contribution in [0.3, 0.4) is 0 Å². The Bertz CT molecular complexity index is 199.